The van der Waals surface area contributed by atoms with Crippen LogP contribution in [0.1, 0.15) is 6.42 Å². The van der Waals surface area contributed by atoms with Crippen LogP contribution < -0.4 is 10.1 Å². The number of nitrogens with one attached hydrogen (secondary N) is 1. The fourth-order valence-corrected chi connectivity index (χ4v) is 4.08. The molecule has 1 fully saturated rings. The molecule has 3 rings (SSSR count). The van der Waals surface area contributed by atoms with E-state index in [0.717, 1.165) is 10.6 Å². The van der Waals surface area contributed by atoms with Gasteiger partial charge in [-0.15, -0.1) is 11.8 Å². The van der Waals surface area contributed by atoms with Crippen LogP contribution in [0.3, 0.4) is 0 Å². The van der Waals surface area contributed by atoms with Crippen LogP contribution in [0.2, 0.25) is 0 Å². The van der Waals surface area contributed by atoms with E-state index in [0.29, 0.717) is 18.7 Å². The van der Waals surface area contributed by atoms with E-state index in [1.54, 1.807) is 22.5 Å². The van der Waals surface area contributed by atoms with E-state index in [4.69, 9.17) is 9.84 Å². The Morgan fingerprint density at radius 3 is 3.00 bits per heavy atom. The maximum Gasteiger partial charge on any atom is 0.355 e. The summed E-state index contributed by atoms with van der Waals surface area (Å²) in [5, 5.41) is 8.85. The van der Waals surface area contributed by atoms with Crippen molar-refractivity contribution in [1.82, 2.24) is 4.90 Å². The minimum absolute atomic E-state index is 0.0222. The summed E-state index contributed by atoms with van der Waals surface area (Å²) < 4.78 is 7.02. The first-order valence-electron chi connectivity index (χ1n) is 7.49. The van der Waals surface area contributed by atoms with E-state index < -0.39 is 5.97 Å². The third kappa shape index (κ3) is 3.85. The van der Waals surface area contributed by atoms with E-state index in [-0.39, 0.29) is 23.8 Å². The summed E-state index contributed by atoms with van der Waals surface area (Å²) in [5.41, 5.74) is 3.35. The topological polar surface area (TPSA) is 82.7 Å². The van der Waals surface area contributed by atoms with Crippen molar-refractivity contribution in [2.75, 3.05) is 30.3 Å². The van der Waals surface area contributed by atoms with E-state index in [1.165, 1.54) is 16.7 Å². The van der Waals surface area contributed by atoms with E-state index in [9.17, 15) is 9.59 Å². The lowest BCUT2D eigenvalue weighted by Crippen LogP contribution is -2.53. The molecule has 1 aromatic rings. The number of hydrogen-bond acceptors (Lipinski definition) is 7. The molecule has 3 heterocycles. The molecule has 2 N–H and O–H groups in total. The lowest BCUT2D eigenvalue weighted by molar-refractivity contribution is -0.650. The second-order valence-electron chi connectivity index (χ2n) is 5.11. The quantitative estimate of drug-likeness (QED) is 0.235. The minimum atomic E-state index is -0.448. The van der Waals surface area contributed by atoms with Gasteiger partial charge in [-0.2, -0.15) is 5.43 Å². The Morgan fingerprint density at radius 2 is 2.29 bits per heavy atom. The number of aliphatic hydroxyl groups is 1. The zero-order chi connectivity index (χ0) is 16.9. The average Bonchev–Trinajstić information content (AvgIpc) is 2.59. The molecule has 0 bridgehead atoms. The first kappa shape index (κ1) is 17.1. The Morgan fingerprint density at radius 1 is 1.50 bits per heavy atom. The Hall–Kier alpha value is -1.71. The average molecular weight is 368 g/mol. The Kier molecular flexibility index (Phi) is 5.64. The highest BCUT2D eigenvalue weighted by Crippen LogP contribution is 2.37. The molecule has 2 aliphatic rings. The second kappa shape index (κ2) is 7.91. The number of pyridine rings is 1. The molecule has 0 spiro atoms. The predicted octanol–water partition coefficient (Wildman–Crippen LogP) is 0.292. The van der Waals surface area contributed by atoms with Crippen molar-refractivity contribution in [3.05, 3.63) is 36.3 Å². The minimum Gasteiger partial charge on any atom is -0.450 e. The largest absolute Gasteiger partial charge is 0.450 e. The first-order valence-corrected chi connectivity index (χ1v) is 9.52. The van der Waals surface area contributed by atoms with Crippen molar-refractivity contribution >= 4 is 35.4 Å². The summed E-state index contributed by atoms with van der Waals surface area (Å²) in [6.07, 6.45) is 5.90. The van der Waals surface area contributed by atoms with Crippen LogP contribution in [0.4, 0.5) is 0 Å². The molecule has 128 valence electrons. The van der Waals surface area contributed by atoms with Crippen molar-refractivity contribution < 1.29 is 24.1 Å². The number of aromatic nitrogens is 1. The van der Waals surface area contributed by atoms with Crippen LogP contribution in [0.5, 0.6) is 0 Å². The van der Waals surface area contributed by atoms with Crippen molar-refractivity contribution in [3.63, 3.8) is 0 Å². The number of amides is 1. The Labute approximate surface area is 148 Å². The SMILES string of the molecule is O=C(OCSc1cc[n+](NCCO)cc1)C1=CCS[C@H]2CC(=O)N12. The van der Waals surface area contributed by atoms with E-state index in [1.807, 2.05) is 24.5 Å². The number of carbonyl (C=O) groups is 2. The van der Waals surface area contributed by atoms with Gasteiger partial charge >= 0.3 is 5.97 Å². The van der Waals surface area contributed by atoms with Crippen LogP contribution in [-0.2, 0) is 14.3 Å². The number of nitrogens with zero attached hydrogens (tertiary/aromatic N) is 2. The first-order chi connectivity index (χ1) is 11.7. The number of ether oxygens (including phenoxy) is 1. The smallest absolute Gasteiger partial charge is 0.355 e. The van der Waals surface area contributed by atoms with Gasteiger partial charge in [0.2, 0.25) is 18.3 Å². The zero-order valence-electron chi connectivity index (χ0n) is 12.9. The standard InChI is InChI=1S/C15H18N3O4S2/c19-7-4-16-17-5-1-11(2-6-17)24-10-22-15(21)12-3-8-23-14-9-13(20)18(12)14/h1-3,5-6,14,16,19H,4,7-10H2/q+1/t14-/m0/s1. The number of carbonyl (C=O) groups excluding carboxylic acids is 2. The highest BCUT2D eigenvalue weighted by Gasteiger charge is 2.43. The molecule has 1 saturated heterocycles. The highest BCUT2D eigenvalue weighted by molar-refractivity contribution is 8.00. The fourth-order valence-electron chi connectivity index (χ4n) is 2.35. The molecular weight excluding hydrogens is 350 g/mol. The number of fused-ring (bicyclic) bond motifs is 1. The summed E-state index contributed by atoms with van der Waals surface area (Å²) in [6, 6.07) is 3.77. The number of thioether (sulfide) groups is 2. The molecule has 0 aliphatic carbocycles. The maximum absolute atomic E-state index is 12.2. The van der Waals surface area contributed by atoms with Crippen LogP contribution in [0.25, 0.3) is 0 Å². The van der Waals surface area contributed by atoms with Gasteiger partial charge in [0.15, 0.2) is 0 Å². The molecular formula is C15H18N3O4S2+. The van der Waals surface area contributed by atoms with Gasteiger partial charge in [0.25, 0.3) is 0 Å². The molecule has 2 aliphatic heterocycles. The molecule has 0 aromatic carbocycles. The lowest BCUT2D eigenvalue weighted by atomic mass is 10.1. The number of β-lactam (4-membered cyclic amide) rings is 1. The number of hydrogen-bond donors (Lipinski definition) is 2. The van der Waals surface area contributed by atoms with Gasteiger partial charge in [0.05, 0.1) is 24.9 Å². The molecule has 24 heavy (non-hydrogen) atoms. The lowest BCUT2D eigenvalue weighted by Gasteiger charge is -2.42. The normalized spacial score (nSPS) is 19.2. The summed E-state index contributed by atoms with van der Waals surface area (Å²) in [7, 11) is 0. The van der Waals surface area contributed by atoms with Crippen LogP contribution >= 0.6 is 23.5 Å². The maximum atomic E-state index is 12.2. The summed E-state index contributed by atoms with van der Waals surface area (Å²) in [5.74, 6) is 0.442. The zero-order valence-corrected chi connectivity index (χ0v) is 14.5. The summed E-state index contributed by atoms with van der Waals surface area (Å²) in [4.78, 5) is 26.2. The van der Waals surface area contributed by atoms with E-state index >= 15 is 0 Å². The van der Waals surface area contributed by atoms with Gasteiger partial charge in [0, 0.05) is 22.8 Å². The number of aliphatic hydroxyl groups excluding tert-OH is 1. The highest BCUT2D eigenvalue weighted by atomic mass is 32.2. The van der Waals surface area contributed by atoms with Crippen molar-refractivity contribution in [2.45, 2.75) is 16.7 Å². The molecule has 1 atom stereocenters. The summed E-state index contributed by atoms with van der Waals surface area (Å²) in [6.45, 7) is 0.534. The van der Waals surface area contributed by atoms with Crippen molar-refractivity contribution in [1.29, 1.82) is 0 Å². The number of rotatable bonds is 7. The second-order valence-corrected chi connectivity index (χ2v) is 7.32. The molecule has 1 amide bonds. The fraction of sp³-hybridized carbons (Fsp3) is 0.400. The van der Waals surface area contributed by atoms with Crippen LogP contribution in [0, 0.1) is 0 Å². The third-order valence-electron chi connectivity index (χ3n) is 3.56. The van der Waals surface area contributed by atoms with Crippen molar-refractivity contribution in [2.24, 2.45) is 0 Å². The van der Waals surface area contributed by atoms with Crippen molar-refractivity contribution in [3.8, 4) is 0 Å². The van der Waals surface area contributed by atoms with Gasteiger partial charge in [-0.25, -0.2) is 4.79 Å². The molecule has 1 aromatic heterocycles. The molecule has 0 unspecified atom stereocenters. The molecule has 0 radical (unpaired) electrons. The van der Waals surface area contributed by atoms with Crippen LogP contribution in [0.15, 0.2) is 41.2 Å². The monoisotopic (exact) mass is 368 g/mol. The Balaban J connectivity index is 1.47. The van der Waals surface area contributed by atoms with Gasteiger partial charge in [-0.1, -0.05) is 16.4 Å². The van der Waals surface area contributed by atoms with E-state index in [2.05, 4.69) is 5.43 Å². The van der Waals surface area contributed by atoms with Gasteiger partial charge < -0.3 is 9.84 Å². The predicted molar refractivity (Wildman–Crippen MR) is 90.6 cm³/mol. The van der Waals surface area contributed by atoms with Gasteiger partial charge in [0.1, 0.15) is 11.6 Å². The molecule has 7 nitrogen and oxygen atoms in total. The van der Waals surface area contributed by atoms with Gasteiger partial charge in [-0.3, -0.25) is 9.69 Å². The third-order valence-corrected chi connectivity index (χ3v) is 5.52. The molecule has 0 saturated carbocycles. The summed E-state index contributed by atoms with van der Waals surface area (Å²) >= 11 is 3.05. The Bertz CT molecular complexity index is 651. The molecule has 9 heteroatoms. The van der Waals surface area contributed by atoms with Gasteiger partial charge in [-0.05, 0) is 6.08 Å². The number of esters is 1. The van der Waals surface area contributed by atoms with Crippen LogP contribution in [-0.4, -0.2) is 52.1 Å².